The molecule has 1 aromatic carbocycles. The van der Waals surface area contributed by atoms with Gasteiger partial charge in [0.1, 0.15) is 23.6 Å². The lowest BCUT2D eigenvalue weighted by atomic mass is 9.79. The average Bonchev–Trinajstić information content (AvgIpc) is 3.18. The fourth-order valence-electron chi connectivity index (χ4n) is 5.75. The van der Waals surface area contributed by atoms with E-state index in [0.29, 0.717) is 12.3 Å². The van der Waals surface area contributed by atoms with Gasteiger partial charge < -0.3 is 14.7 Å². The smallest absolute Gasteiger partial charge is 0.323 e. The van der Waals surface area contributed by atoms with E-state index in [-0.39, 0.29) is 12.1 Å². The number of nitrogens with one attached hydrogen (secondary N) is 1. The molecule has 0 bridgehead atoms. The third kappa shape index (κ3) is 1.62. The van der Waals surface area contributed by atoms with Gasteiger partial charge in [-0.25, -0.2) is 0 Å². The standard InChI is InChI=1S/C19H23N3O3/c1-25-15(23)14-11-19(24)12-7-3-4-8-13(12)21-16(20)18(22(14)17(19)21)9-5-2-6-10-18/h3-4,7-8,14,17,20,24H,2,5-6,9-11H2,1H3/t14-,17+,19-/m0/s1. The second kappa shape index (κ2) is 4.83. The molecule has 3 fully saturated rings. The lowest BCUT2D eigenvalue weighted by molar-refractivity contribution is -0.148. The van der Waals surface area contributed by atoms with Crippen LogP contribution in [0.3, 0.4) is 0 Å². The molecule has 4 aliphatic rings. The van der Waals surface area contributed by atoms with Crippen LogP contribution in [-0.2, 0) is 15.1 Å². The Morgan fingerprint density at radius 1 is 1.28 bits per heavy atom. The molecule has 1 aromatic rings. The van der Waals surface area contributed by atoms with E-state index in [0.717, 1.165) is 43.4 Å². The van der Waals surface area contributed by atoms with E-state index in [2.05, 4.69) is 4.90 Å². The SMILES string of the molecule is COC(=O)[C@@H]1C[C@]2(O)c3ccccc3N3C(=N)C4(CCCCC4)N1[C@@H]32. The molecule has 132 valence electrons. The zero-order chi connectivity index (χ0) is 17.4. The summed E-state index contributed by atoms with van der Waals surface area (Å²) in [6.45, 7) is 0. The molecule has 25 heavy (non-hydrogen) atoms. The monoisotopic (exact) mass is 341 g/mol. The molecule has 3 heterocycles. The molecule has 3 atom stereocenters. The summed E-state index contributed by atoms with van der Waals surface area (Å²) in [5.41, 5.74) is 0.144. The van der Waals surface area contributed by atoms with Crippen LogP contribution in [0.2, 0.25) is 0 Å². The zero-order valence-electron chi connectivity index (χ0n) is 14.4. The first-order valence-corrected chi connectivity index (χ1v) is 9.11. The lowest BCUT2D eigenvalue weighted by Crippen LogP contribution is -2.56. The maximum atomic E-state index is 12.6. The van der Waals surface area contributed by atoms with Crippen LogP contribution in [0.5, 0.6) is 0 Å². The molecule has 1 aliphatic carbocycles. The number of nitrogens with zero attached hydrogens (tertiary/aromatic N) is 2. The van der Waals surface area contributed by atoms with Gasteiger partial charge in [-0.1, -0.05) is 37.5 Å². The number of methoxy groups -OCH3 is 1. The minimum Gasteiger partial charge on any atom is -0.468 e. The van der Waals surface area contributed by atoms with Crippen LogP contribution in [0.1, 0.15) is 44.1 Å². The van der Waals surface area contributed by atoms with Crippen LogP contribution in [0.4, 0.5) is 5.69 Å². The summed E-state index contributed by atoms with van der Waals surface area (Å²) in [5, 5.41) is 20.6. The normalized spacial score (nSPS) is 35.1. The Labute approximate surface area is 146 Å². The predicted octanol–water partition coefficient (Wildman–Crippen LogP) is 1.96. The van der Waals surface area contributed by atoms with Crippen LogP contribution in [0, 0.1) is 5.41 Å². The topological polar surface area (TPSA) is 76.9 Å². The zero-order valence-corrected chi connectivity index (χ0v) is 14.4. The number of anilines is 1. The van der Waals surface area contributed by atoms with Crippen molar-refractivity contribution in [2.75, 3.05) is 12.0 Å². The average molecular weight is 341 g/mol. The van der Waals surface area contributed by atoms with Gasteiger partial charge in [0.2, 0.25) is 0 Å². The highest BCUT2D eigenvalue weighted by atomic mass is 16.5. The second-order valence-electron chi connectivity index (χ2n) is 7.78. The molecular weight excluding hydrogens is 318 g/mol. The first kappa shape index (κ1) is 15.3. The van der Waals surface area contributed by atoms with Crippen molar-refractivity contribution in [1.82, 2.24) is 4.90 Å². The fraction of sp³-hybridized carbons (Fsp3) is 0.579. The molecule has 2 N–H and O–H groups in total. The van der Waals surface area contributed by atoms with Gasteiger partial charge in [0.15, 0.2) is 0 Å². The highest BCUT2D eigenvalue weighted by Gasteiger charge is 2.72. The molecule has 0 unspecified atom stereocenters. The number of benzene rings is 1. The number of rotatable bonds is 1. The quantitative estimate of drug-likeness (QED) is 0.764. The van der Waals surface area contributed by atoms with E-state index in [9.17, 15) is 9.90 Å². The van der Waals surface area contributed by atoms with Crippen molar-refractivity contribution in [2.24, 2.45) is 0 Å². The minimum absolute atomic E-state index is 0.306. The number of amidine groups is 1. The molecule has 6 nitrogen and oxygen atoms in total. The van der Waals surface area contributed by atoms with Crippen LogP contribution in [-0.4, -0.2) is 46.7 Å². The van der Waals surface area contributed by atoms with E-state index in [1.165, 1.54) is 7.11 Å². The Hall–Kier alpha value is -1.92. The maximum absolute atomic E-state index is 12.6. The summed E-state index contributed by atoms with van der Waals surface area (Å²) in [4.78, 5) is 16.7. The number of carbonyl (C=O) groups is 1. The van der Waals surface area contributed by atoms with Crippen molar-refractivity contribution in [3.05, 3.63) is 29.8 Å². The summed E-state index contributed by atoms with van der Waals surface area (Å²) in [6.07, 6.45) is 4.94. The molecule has 2 saturated heterocycles. The van der Waals surface area contributed by atoms with Crippen molar-refractivity contribution in [1.29, 1.82) is 5.41 Å². The van der Waals surface area contributed by atoms with E-state index in [4.69, 9.17) is 10.1 Å². The third-order valence-corrected chi connectivity index (χ3v) is 6.74. The molecule has 0 radical (unpaired) electrons. The van der Waals surface area contributed by atoms with E-state index in [1.54, 1.807) is 0 Å². The van der Waals surface area contributed by atoms with Gasteiger partial charge in [-0.05, 0) is 18.9 Å². The van der Waals surface area contributed by atoms with E-state index < -0.39 is 17.2 Å². The summed E-state index contributed by atoms with van der Waals surface area (Å²) in [6, 6.07) is 7.26. The van der Waals surface area contributed by atoms with Crippen molar-refractivity contribution < 1.29 is 14.6 Å². The number of esters is 1. The number of hydrogen-bond acceptors (Lipinski definition) is 5. The number of fused-ring (bicyclic) bond motifs is 4. The lowest BCUT2D eigenvalue weighted by Gasteiger charge is -2.41. The van der Waals surface area contributed by atoms with Crippen LogP contribution in [0.15, 0.2) is 24.3 Å². The Kier molecular flexibility index (Phi) is 2.96. The van der Waals surface area contributed by atoms with Gasteiger partial charge in [0.05, 0.1) is 18.3 Å². The predicted molar refractivity (Wildman–Crippen MR) is 92.4 cm³/mol. The van der Waals surface area contributed by atoms with Gasteiger partial charge in [-0.15, -0.1) is 0 Å². The van der Waals surface area contributed by atoms with Gasteiger partial charge in [0.25, 0.3) is 0 Å². The first-order valence-electron chi connectivity index (χ1n) is 9.11. The van der Waals surface area contributed by atoms with Gasteiger partial charge in [-0.3, -0.25) is 15.1 Å². The summed E-state index contributed by atoms with van der Waals surface area (Å²) < 4.78 is 5.07. The first-order chi connectivity index (χ1) is 12.0. The highest BCUT2D eigenvalue weighted by molar-refractivity contribution is 6.08. The van der Waals surface area contributed by atoms with Crippen molar-refractivity contribution in [3.63, 3.8) is 0 Å². The summed E-state index contributed by atoms with van der Waals surface area (Å²) in [7, 11) is 1.40. The van der Waals surface area contributed by atoms with Crippen molar-refractivity contribution >= 4 is 17.5 Å². The second-order valence-corrected chi connectivity index (χ2v) is 7.78. The summed E-state index contributed by atoms with van der Waals surface area (Å²) >= 11 is 0. The Morgan fingerprint density at radius 2 is 2.00 bits per heavy atom. The molecule has 1 saturated carbocycles. The Morgan fingerprint density at radius 3 is 2.72 bits per heavy atom. The maximum Gasteiger partial charge on any atom is 0.323 e. The minimum atomic E-state index is -1.14. The van der Waals surface area contributed by atoms with E-state index in [1.807, 2.05) is 29.2 Å². The number of hydrogen-bond donors (Lipinski definition) is 2. The van der Waals surface area contributed by atoms with Crippen LogP contribution < -0.4 is 4.90 Å². The molecular formula is C19H23N3O3. The number of carbonyl (C=O) groups excluding carboxylic acids is 1. The molecule has 0 aromatic heterocycles. The number of aliphatic hydroxyl groups is 1. The molecule has 0 amide bonds. The van der Waals surface area contributed by atoms with Gasteiger partial charge >= 0.3 is 5.97 Å². The summed E-state index contributed by atoms with van der Waals surface area (Å²) in [5.74, 6) is 0.231. The molecule has 5 rings (SSSR count). The Balaban J connectivity index is 1.73. The van der Waals surface area contributed by atoms with Crippen LogP contribution in [0.25, 0.3) is 0 Å². The van der Waals surface area contributed by atoms with E-state index >= 15 is 0 Å². The van der Waals surface area contributed by atoms with Crippen LogP contribution >= 0.6 is 0 Å². The van der Waals surface area contributed by atoms with Crippen molar-refractivity contribution in [2.45, 2.75) is 61.9 Å². The third-order valence-electron chi connectivity index (χ3n) is 6.74. The highest BCUT2D eigenvalue weighted by Crippen LogP contribution is 2.61. The molecule has 3 aliphatic heterocycles. The number of ether oxygens (including phenoxy) is 1. The number of para-hydroxylation sites is 1. The largest absolute Gasteiger partial charge is 0.468 e. The Bertz CT molecular complexity index is 773. The van der Waals surface area contributed by atoms with Gasteiger partial charge in [0, 0.05) is 12.0 Å². The van der Waals surface area contributed by atoms with Gasteiger partial charge in [-0.2, -0.15) is 0 Å². The van der Waals surface area contributed by atoms with Crippen molar-refractivity contribution in [3.8, 4) is 0 Å². The fourth-order valence-corrected chi connectivity index (χ4v) is 5.75. The molecule has 1 spiro atoms. The molecule has 6 heteroatoms.